The van der Waals surface area contributed by atoms with E-state index in [2.05, 4.69) is 26.1 Å². The van der Waals surface area contributed by atoms with E-state index in [1.165, 1.54) is 13.5 Å². The van der Waals surface area contributed by atoms with Gasteiger partial charge in [-0.15, -0.1) is 0 Å². The van der Waals surface area contributed by atoms with Crippen LogP contribution in [0.4, 0.5) is 8.78 Å². The molecule has 0 unspecified atom stereocenters. The van der Waals surface area contributed by atoms with Crippen LogP contribution in [0.25, 0.3) is 0 Å². The molecule has 0 heterocycles. The molecule has 76 valence electrons. The lowest BCUT2D eigenvalue weighted by Gasteiger charge is -2.06. The molecule has 0 amide bonds. The molecule has 0 aliphatic heterocycles. The molecule has 0 radical (unpaired) electrons. The van der Waals surface area contributed by atoms with Crippen molar-refractivity contribution >= 4 is 0 Å². The third-order valence-corrected chi connectivity index (χ3v) is 1.30. The first-order valence-corrected chi connectivity index (χ1v) is 4.36. The van der Waals surface area contributed by atoms with Crippen LogP contribution < -0.4 is 5.32 Å². The molecule has 0 aromatic rings. The standard InChI is InChI=1S/C5H12.C4H9F2N/c1-4-5(2)3;1-4(5,6)3-7-2/h5H,4H2,1-3H3;7H,3H2,1-2H3. The van der Waals surface area contributed by atoms with Gasteiger partial charge in [0.1, 0.15) is 0 Å². The average molecular weight is 181 g/mol. The van der Waals surface area contributed by atoms with Crippen LogP contribution >= 0.6 is 0 Å². The van der Waals surface area contributed by atoms with E-state index in [-0.39, 0.29) is 6.54 Å². The first-order chi connectivity index (χ1) is 5.33. The number of nitrogens with one attached hydrogen (secondary N) is 1. The first kappa shape index (κ1) is 14.3. The highest BCUT2D eigenvalue weighted by Gasteiger charge is 2.18. The number of hydrogen-bond donors (Lipinski definition) is 1. The van der Waals surface area contributed by atoms with Crippen molar-refractivity contribution in [2.24, 2.45) is 5.92 Å². The molecule has 0 aromatic carbocycles. The monoisotopic (exact) mass is 181 g/mol. The summed E-state index contributed by atoms with van der Waals surface area (Å²) in [5.74, 6) is -1.68. The highest BCUT2D eigenvalue weighted by atomic mass is 19.3. The molecule has 0 rings (SSSR count). The van der Waals surface area contributed by atoms with E-state index < -0.39 is 5.92 Å². The van der Waals surface area contributed by atoms with Crippen LogP contribution in [0, 0.1) is 5.92 Å². The van der Waals surface area contributed by atoms with E-state index in [0.29, 0.717) is 0 Å². The van der Waals surface area contributed by atoms with Gasteiger partial charge in [0.25, 0.3) is 5.92 Å². The maximum Gasteiger partial charge on any atom is 0.257 e. The van der Waals surface area contributed by atoms with Gasteiger partial charge in [0, 0.05) is 6.92 Å². The van der Waals surface area contributed by atoms with E-state index >= 15 is 0 Å². The zero-order chi connectivity index (χ0) is 10.2. The number of hydrogen-bond acceptors (Lipinski definition) is 1. The number of alkyl halides is 2. The lowest BCUT2D eigenvalue weighted by Crippen LogP contribution is -2.26. The molecule has 0 saturated carbocycles. The summed E-state index contributed by atoms with van der Waals surface area (Å²) in [6.07, 6.45) is 1.31. The normalized spacial score (nSPS) is 11.0. The Morgan fingerprint density at radius 2 is 1.67 bits per heavy atom. The summed E-state index contributed by atoms with van der Waals surface area (Å²) in [6.45, 7) is 7.28. The summed E-state index contributed by atoms with van der Waals surface area (Å²) in [4.78, 5) is 0. The minimum atomic E-state index is -2.56. The predicted molar refractivity (Wildman–Crippen MR) is 49.7 cm³/mol. The van der Waals surface area contributed by atoms with Gasteiger partial charge in [0.2, 0.25) is 0 Å². The van der Waals surface area contributed by atoms with Crippen molar-refractivity contribution in [3.05, 3.63) is 0 Å². The Morgan fingerprint density at radius 1 is 1.33 bits per heavy atom. The molecular formula is C9H21F2N. The Morgan fingerprint density at radius 3 is 1.67 bits per heavy atom. The van der Waals surface area contributed by atoms with Crippen molar-refractivity contribution in [2.45, 2.75) is 40.0 Å². The van der Waals surface area contributed by atoms with Crippen LogP contribution in [0.1, 0.15) is 34.1 Å². The van der Waals surface area contributed by atoms with Gasteiger partial charge in [-0.3, -0.25) is 0 Å². The highest BCUT2D eigenvalue weighted by molar-refractivity contribution is 4.58. The van der Waals surface area contributed by atoms with Crippen LogP contribution in [0.5, 0.6) is 0 Å². The number of halogens is 2. The minimum absolute atomic E-state index is 0.243. The predicted octanol–water partition coefficient (Wildman–Crippen LogP) is 2.91. The second-order valence-corrected chi connectivity index (χ2v) is 3.40. The van der Waals surface area contributed by atoms with Crippen molar-refractivity contribution in [3.63, 3.8) is 0 Å². The minimum Gasteiger partial charge on any atom is -0.314 e. The van der Waals surface area contributed by atoms with E-state index in [1.807, 2.05) is 0 Å². The maximum atomic E-state index is 11.7. The summed E-state index contributed by atoms with van der Waals surface area (Å²) in [5, 5.41) is 2.36. The fourth-order valence-electron chi connectivity index (χ4n) is 0.310. The van der Waals surface area contributed by atoms with Crippen LogP contribution in [0.3, 0.4) is 0 Å². The van der Waals surface area contributed by atoms with Gasteiger partial charge in [-0.05, 0) is 13.0 Å². The van der Waals surface area contributed by atoms with E-state index in [1.54, 1.807) is 0 Å². The van der Waals surface area contributed by atoms with Crippen LogP contribution in [0.15, 0.2) is 0 Å². The molecule has 3 heteroatoms. The Labute approximate surface area is 74.5 Å². The summed E-state index contributed by atoms with van der Waals surface area (Å²) >= 11 is 0. The molecule has 0 aromatic heterocycles. The molecular weight excluding hydrogens is 160 g/mol. The van der Waals surface area contributed by atoms with Crippen molar-refractivity contribution in [3.8, 4) is 0 Å². The number of rotatable bonds is 3. The smallest absolute Gasteiger partial charge is 0.257 e. The summed E-state index contributed by atoms with van der Waals surface area (Å²) in [5.41, 5.74) is 0. The van der Waals surface area contributed by atoms with Gasteiger partial charge in [-0.25, -0.2) is 8.78 Å². The molecule has 1 nitrogen and oxygen atoms in total. The zero-order valence-electron chi connectivity index (χ0n) is 8.75. The Hall–Kier alpha value is -0.180. The third-order valence-electron chi connectivity index (χ3n) is 1.30. The topological polar surface area (TPSA) is 12.0 Å². The molecule has 0 fully saturated rings. The molecule has 0 aliphatic rings. The van der Waals surface area contributed by atoms with Crippen molar-refractivity contribution in [2.75, 3.05) is 13.6 Å². The summed E-state index contributed by atoms with van der Waals surface area (Å²) < 4.78 is 23.3. The Kier molecular flexibility index (Phi) is 8.93. The quantitative estimate of drug-likeness (QED) is 0.706. The van der Waals surface area contributed by atoms with Crippen molar-refractivity contribution in [1.82, 2.24) is 5.32 Å². The molecule has 0 spiro atoms. The average Bonchev–Trinajstić information content (AvgIpc) is 1.86. The second kappa shape index (κ2) is 7.47. The molecule has 0 bridgehead atoms. The van der Waals surface area contributed by atoms with Gasteiger partial charge in [0.05, 0.1) is 6.54 Å². The van der Waals surface area contributed by atoms with Gasteiger partial charge in [-0.1, -0.05) is 27.2 Å². The lowest BCUT2D eigenvalue weighted by atomic mass is 10.2. The van der Waals surface area contributed by atoms with Crippen molar-refractivity contribution in [1.29, 1.82) is 0 Å². The maximum absolute atomic E-state index is 11.7. The first-order valence-electron chi connectivity index (χ1n) is 4.36. The SMILES string of the molecule is CCC(C)C.CNCC(C)(F)F. The molecule has 1 N–H and O–H groups in total. The third kappa shape index (κ3) is 22.6. The van der Waals surface area contributed by atoms with Gasteiger partial charge < -0.3 is 5.32 Å². The van der Waals surface area contributed by atoms with Crippen molar-refractivity contribution < 1.29 is 8.78 Å². The summed E-state index contributed by atoms with van der Waals surface area (Å²) in [7, 11) is 1.50. The molecule has 12 heavy (non-hydrogen) atoms. The molecule has 0 saturated heterocycles. The fourth-order valence-corrected chi connectivity index (χ4v) is 0.310. The largest absolute Gasteiger partial charge is 0.314 e. The molecule has 0 aliphatic carbocycles. The second-order valence-electron chi connectivity index (χ2n) is 3.40. The van der Waals surface area contributed by atoms with Crippen LogP contribution in [-0.2, 0) is 0 Å². The van der Waals surface area contributed by atoms with Crippen LogP contribution in [0.2, 0.25) is 0 Å². The molecule has 0 atom stereocenters. The van der Waals surface area contributed by atoms with E-state index in [9.17, 15) is 8.78 Å². The van der Waals surface area contributed by atoms with E-state index in [4.69, 9.17) is 0 Å². The van der Waals surface area contributed by atoms with Gasteiger partial charge in [0.15, 0.2) is 0 Å². The van der Waals surface area contributed by atoms with Gasteiger partial charge in [-0.2, -0.15) is 0 Å². The Bertz CT molecular complexity index is 87.0. The van der Waals surface area contributed by atoms with Gasteiger partial charge >= 0.3 is 0 Å². The highest BCUT2D eigenvalue weighted by Crippen LogP contribution is 2.07. The van der Waals surface area contributed by atoms with Crippen LogP contribution in [-0.4, -0.2) is 19.5 Å². The zero-order valence-corrected chi connectivity index (χ0v) is 8.75. The van der Waals surface area contributed by atoms with E-state index in [0.717, 1.165) is 12.8 Å². The summed E-state index contributed by atoms with van der Waals surface area (Å²) in [6, 6.07) is 0. The lowest BCUT2D eigenvalue weighted by molar-refractivity contribution is 0.0247. The fraction of sp³-hybridized carbons (Fsp3) is 1.00. The Balaban J connectivity index is 0.